The second kappa shape index (κ2) is 8.02. The Labute approximate surface area is 168 Å². The fourth-order valence-electron chi connectivity index (χ4n) is 2.77. The van der Waals surface area contributed by atoms with E-state index in [2.05, 4.69) is 4.98 Å². The lowest BCUT2D eigenvalue weighted by Crippen LogP contribution is -2.30. The minimum absolute atomic E-state index is 0.149. The third-order valence-corrected chi connectivity index (χ3v) is 6.79. The minimum atomic E-state index is -3.71. The summed E-state index contributed by atoms with van der Waals surface area (Å²) in [4.78, 5) is 4.14. The van der Waals surface area contributed by atoms with Crippen LogP contribution >= 0.6 is 23.2 Å². The van der Waals surface area contributed by atoms with Gasteiger partial charge in [-0.2, -0.15) is 4.31 Å². The average Bonchev–Trinajstić information content (AvgIpc) is 2.69. The summed E-state index contributed by atoms with van der Waals surface area (Å²) < 4.78 is 32.8. The number of rotatable bonds is 6. The second-order valence-electron chi connectivity index (χ2n) is 5.88. The lowest BCUT2D eigenvalue weighted by atomic mass is 10.2. The SMILES string of the molecule is CCN(Cc1ccc(OC)cc1)S(=O)(=O)c1ccc2c(Cl)cnc(Cl)c2c1. The standard InChI is InChI=1S/C19H18Cl2N2O3S/c1-3-23(12-13-4-6-14(26-2)7-5-13)27(24,25)15-8-9-16-17(10-15)19(21)22-11-18(16)20/h4-11H,3,12H2,1-2H3. The van der Waals surface area contributed by atoms with E-state index < -0.39 is 10.0 Å². The highest BCUT2D eigenvalue weighted by Crippen LogP contribution is 2.31. The van der Waals surface area contributed by atoms with E-state index in [4.69, 9.17) is 27.9 Å². The largest absolute Gasteiger partial charge is 0.497 e. The van der Waals surface area contributed by atoms with Crippen LogP contribution in [-0.2, 0) is 16.6 Å². The topological polar surface area (TPSA) is 59.5 Å². The van der Waals surface area contributed by atoms with E-state index in [1.807, 2.05) is 12.1 Å². The smallest absolute Gasteiger partial charge is 0.243 e. The van der Waals surface area contributed by atoms with E-state index in [9.17, 15) is 8.42 Å². The van der Waals surface area contributed by atoms with E-state index in [0.29, 0.717) is 22.3 Å². The van der Waals surface area contributed by atoms with Gasteiger partial charge in [-0.25, -0.2) is 13.4 Å². The van der Waals surface area contributed by atoms with Crippen LogP contribution in [0.1, 0.15) is 12.5 Å². The zero-order chi connectivity index (χ0) is 19.6. The number of nitrogens with zero attached hydrogens (tertiary/aromatic N) is 2. The first-order chi connectivity index (χ1) is 12.9. The fraction of sp³-hybridized carbons (Fsp3) is 0.211. The fourth-order valence-corrected chi connectivity index (χ4v) is 4.65. The molecule has 1 aromatic heterocycles. The molecule has 0 saturated heterocycles. The second-order valence-corrected chi connectivity index (χ2v) is 8.59. The van der Waals surface area contributed by atoms with Gasteiger partial charge in [-0.1, -0.05) is 48.3 Å². The third-order valence-electron chi connectivity index (χ3n) is 4.27. The van der Waals surface area contributed by atoms with Gasteiger partial charge >= 0.3 is 0 Å². The van der Waals surface area contributed by atoms with Crippen molar-refractivity contribution in [1.82, 2.24) is 9.29 Å². The molecule has 0 N–H and O–H groups in total. The number of methoxy groups -OCH3 is 1. The maximum absolute atomic E-state index is 13.1. The number of ether oxygens (including phenoxy) is 1. The van der Waals surface area contributed by atoms with Crippen LogP contribution in [0.4, 0.5) is 0 Å². The third kappa shape index (κ3) is 4.04. The van der Waals surface area contributed by atoms with Crippen LogP contribution < -0.4 is 4.74 Å². The molecular weight excluding hydrogens is 407 g/mol. The Morgan fingerprint density at radius 3 is 2.41 bits per heavy atom. The summed E-state index contributed by atoms with van der Waals surface area (Å²) in [5.41, 5.74) is 0.866. The molecule has 0 atom stereocenters. The van der Waals surface area contributed by atoms with Crippen LogP contribution in [0.2, 0.25) is 10.2 Å². The number of benzene rings is 2. The molecule has 0 unspecified atom stereocenters. The average molecular weight is 425 g/mol. The molecule has 0 radical (unpaired) electrons. The molecule has 0 fully saturated rings. The van der Waals surface area contributed by atoms with Crippen LogP contribution in [0.25, 0.3) is 10.8 Å². The number of hydrogen-bond donors (Lipinski definition) is 0. The van der Waals surface area contributed by atoms with Gasteiger partial charge in [-0.05, 0) is 29.8 Å². The van der Waals surface area contributed by atoms with Crippen molar-refractivity contribution in [3.05, 3.63) is 64.4 Å². The van der Waals surface area contributed by atoms with Crippen molar-refractivity contribution in [2.75, 3.05) is 13.7 Å². The predicted molar refractivity (Wildman–Crippen MR) is 108 cm³/mol. The van der Waals surface area contributed by atoms with Crippen molar-refractivity contribution in [3.8, 4) is 5.75 Å². The van der Waals surface area contributed by atoms with Crippen molar-refractivity contribution in [2.45, 2.75) is 18.4 Å². The Hall–Kier alpha value is -1.86. The first-order valence-electron chi connectivity index (χ1n) is 8.23. The molecule has 3 rings (SSSR count). The molecular formula is C19H18Cl2N2O3S. The van der Waals surface area contributed by atoms with Crippen LogP contribution in [0, 0.1) is 0 Å². The van der Waals surface area contributed by atoms with Gasteiger partial charge in [0.05, 0.1) is 17.0 Å². The van der Waals surface area contributed by atoms with Gasteiger partial charge in [-0.3, -0.25) is 0 Å². The lowest BCUT2D eigenvalue weighted by molar-refractivity contribution is 0.412. The van der Waals surface area contributed by atoms with Crippen LogP contribution in [0.3, 0.4) is 0 Å². The van der Waals surface area contributed by atoms with Gasteiger partial charge in [-0.15, -0.1) is 0 Å². The number of hydrogen-bond acceptors (Lipinski definition) is 4. The molecule has 0 amide bonds. The Balaban J connectivity index is 1.97. The summed E-state index contributed by atoms with van der Waals surface area (Å²) in [5, 5.41) is 1.80. The maximum atomic E-state index is 13.1. The highest BCUT2D eigenvalue weighted by molar-refractivity contribution is 7.89. The molecule has 8 heteroatoms. The van der Waals surface area contributed by atoms with E-state index in [1.54, 1.807) is 32.2 Å². The molecule has 0 aliphatic carbocycles. The predicted octanol–water partition coefficient (Wildman–Crippen LogP) is 4.76. The summed E-state index contributed by atoms with van der Waals surface area (Å²) in [6.07, 6.45) is 1.45. The normalized spacial score (nSPS) is 11.9. The van der Waals surface area contributed by atoms with Crippen molar-refractivity contribution in [1.29, 1.82) is 0 Å². The zero-order valence-electron chi connectivity index (χ0n) is 14.8. The first-order valence-corrected chi connectivity index (χ1v) is 10.4. The summed E-state index contributed by atoms with van der Waals surface area (Å²) in [6, 6.07) is 12.0. The maximum Gasteiger partial charge on any atom is 0.243 e. The van der Waals surface area contributed by atoms with Crippen molar-refractivity contribution in [3.63, 3.8) is 0 Å². The number of fused-ring (bicyclic) bond motifs is 1. The lowest BCUT2D eigenvalue weighted by Gasteiger charge is -2.21. The molecule has 0 saturated carbocycles. The highest BCUT2D eigenvalue weighted by Gasteiger charge is 2.24. The summed E-state index contributed by atoms with van der Waals surface area (Å²) in [7, 11) is -2.13. The number of aromatic nitrogens is 1. The molecule has 5 nitrogen and oxygen atoms in total. The highest BCUT2D eigenvalue weighted by atomic mass is 35.5. The van der Waals surface area contributed by atoms with Gasteiger partial charge in [0.2, 0.25) is 10.0 Å². The molecule has 0 spiro atoms. The number of sulfonamides is 1. The Kier molecular flexibility index (Phi) is 5.91. The Morgan fingerprint density at radius 1 is 1.07 bits per heavy atom. The monoisotopic (exact) mass is 424 g/mol. The van der Waals surface area contributed by atoms with Gasteiger partial charge in [0, 0.05) is 30.1 Å². The van der Waals surface area contributed by atoms with E-state index in [0.717, 1.165) is 11.3 Å². The quantitative estimate of drug-likeness (QED) is 0.535. The van der Waals surface area contributed by atoms with Gasteiger partial charge < -0.3 is 4.74 Å². The number of halogens is 2. The zero-order valence-corrected chi connectivity index (χ0v) is 17.1. The number of pyridine rings is 1. The summed E-state index contributed by atoms with van der Waals surface area (Å²) in [6.45, 7) is 2.38. The Morgan fingerprint density at radius 2 is 1.78 bits per heavy atom. The molecule has 0 bridgehead atoms. The van der Waals surface area contributed by atoms with Crippen molar-refractivity contribution >= 4 is 44.0 Å². The molecule has 27 heavy (non-hydrogen) atoms. The van der Waals surface area contributed by atoms with E-state index >= 15 is 0 Å². The van der Waals surface area contributed by atoms with Crippen LogP contribution in [0.15, 0.2) is 53.6 Å². The summed E-state index contributed by atoms with van der Waals surface area (Å²) in [5.74, 6) is 0.721. The van der Waals surface area contributed by atoms with Gasteiger partial charge in [0.25, 0.3) is 0 Å². The first kappa shape index (κ1) is 19.9. The Bertz CT molecular complexity index is 1070. The van der Waals surface area contributed by atoms with Crippen molar-refractivity contribution in [2.24, 2.45) is 0 Å². The minimum Gasteiger partial charge on any atom is -0.497 e. The van der Waals surface area contributed by atoms with Crippen LogP contribution in [0.5, 0.6) is 5.75 Å². The van der Waals surface area contributed by atoms with E-state index in [1.165, 1.54) is 22.6 Å². The molecule has 2 aromatic carbocycles. The molecule has 3 aromatic rings. The van der Waals surface area contributed by atoms with Gasteiger partial charge in [0.15, 0.2) is 0 Å². The van der Waals surface area contributed by atoms with E-state index in [-0.39, 0.29) is 16.6 Å². The molecule has 0 aliphatic rings. The van der Waals surface area contributed by atoms with Gasteiger partial charge in [0.1, 0.15) is 10.9 Å². The molecule has 0 aliphatic heterocycles. The molecule has 142 valence electrons. The van der Waals surface area contributed by atoms with Crippen molar-refractivity contribution < 1.29 is 13.2 Å². The van der Waals surface area contributed by atoms with Crippen LogP contribution in [-0.4, -0.2) is 31.4 Å². The summed E-state index contributed by atoms with van der Waals surface area (Å²) >= 11 is 12.3. The molecule has 1 heterocycles.